The molecule has 7 heteroatoms. The van der Waals surface area contributed by atoms with Crippen LogP contribution in [0.5, 0.6) is 0 Å². The smallest absolute Gasteiger partial charge is 0.331 e. The van der Waals surface area contributed by atoms with Gasteiger partial charge in [0.2, 0.25) is 0 Å². The number of nitrogens with one attached hydrogen (secondary N) is 1. The van der Waals surface area contributed by atoms with Crippen molar-refractivity contribution in [1.29, 1.82) is 0 Å². The largest absolute Gasteiger partial charge is 0.449 e. The standard InChI is InChI=1S/C18H14ClF2NO3/c1-11(18(24)22-17-14(20)6-3-7-15(17)21)25-16(23)9-8-12-4-2-5-13(19)10-12/h2-11H,1H3,(H,22,24)/b9-8+. The molecule has 2 aromatic carbocycles. The van der Waals surface area contributed by atoms with E-state index in [4.69, 9.17) is 16.3 Å². The number of rotatable bonds is 5. The predicted molar refractivity (Wildman–Crippen MR) is 91.0 cm³/mol. The zero-order valence-corrected chi connectivity index (χ0v) is 13.9. The van der Waals surface area contributed by atoms with E-state index in [-0.39, 0.29) is 0 Å². The highest BCUT2D eigenvalue weighted by molar-refractivity contribution is 6.30. The van der Waals surface area contributed by atoms with Gasteiger partial charge in [0.1, 0.15) is 17.3 Å². The summed E-state index contributed by atoms with van der Waals surface area (Å²) in [5.41, 5.74) is 0.0832. The van der Waals surface area contributed by atoms with E-state index < -0.39 is 35.3 Å². The molecule has 1 atom stereocenters. The molecule has 0 saturated carbocycles. The van der Waals surface area contributed by atoms with Gasteiger partial charge in [-0.05, 0) is 42.8 Å². The summed E-state index contributed by atoms with van der Waals surface area (Å²) >= 11 is 5.82. The molecule has 0 aromatic heterocycles. The lowest BCUT2D eigenvalue weighted by atomic mass is 10.2. The Morgan fingerprint density at radius 1 is 1.16 bits per heavy atom. The lowest BCUT2D eigenvalue weighted by Crippen LogP contribution is -2.30. The number of ether oxygens (including phenoxy) is 1. The predicted octanol–water partition coefficient (Wildman–Crippen LogP) is 4.20. The van der Waals surface area contributed by atoms with E-state index in [1.54, 1.807) is 24.3 Å². The molecule has 25 heavy (non-hydrogen) atoms. The van der Waals surface area contributed by atoms with Crippen LogP contribution in [0.15, 0.2) is 48.5 Å². The first-order chi connectivity index (χ1) is 11.9. The Morgan fingerprint density at radius 3 is 2.44 bits per heavy atom. The molecule has 0 fully saturated rings. The summed E-state index contributed by atoms with van der Waals surface area (Å²) in [6.45, 7) is 1.29. The van der Waals surface area contributed by atoms with Crippen LogP contribution in [0.1, 0.15) is 12.5 Å². The lowest BCUT2D eigenvalue weighted by Gasteiger charge is -2.13. The average molecular weight is 366 g/mol. The van der Waals surface area contributed by atoms with Crippen LogP contribution in [0.25, 0.3) is 6.08 Å². The van der Waals surface area contributed by atoms with E-state index in [1.807, 2.05) is 0 Å². The van der Waals surface area contributed by atoms with E-state index >= 15 is 0 Å². The number of esters is 1. The van der Waals surface area contributed by atoms with Crippen molar-refractivity contribution in [1.82, 2.24) is 0 Å². The summed E-state index contributed by atoms with van der Waals surface area (Å²) in [6.07, 6.45) is 1.35. The Labute approximate surface area is 148 Å². The van der Waals surface area contributed by atoms with Gasteiger partial charge in [-0.3, -0.25) is 4.79 Å². The summed E-state index contributed by atoms with van der Waals surface area (Å²) in [6, 6.07) is 9.95. The second kappa shape index (κ2) is 8.39. The zero-order chi connectivity index (χ0) is 18.4. The van der Waals surface area contributed by atoms with Crippen LogP contribution < -0.4 is 5.32 Å². The van der Waals surface area contributed by atoms with Crippen molar-refractivity contribution in [3.05, 3.63) is 70.8 Å². The molecular weight excluding hydrogens is 352 g/mol. The molecule has 1 N–H and O–H groups in total. The van der Waals surface area contributed by atoms with Gasteiger partial charge in [-0.15, -0.1) is 0 Å². The number of benzene rings is 2. The normalized spacial score (nSPS) is 12.0. The maximum Gasteiger partial charge on any atom is 0.331 e. The quantitative estimate of drug-likeness (QED) is 0.638. The minimum absolute atomic E-state index is 0.509. The van der Waals surface area contributed by atoms with Crippen LogP contribution in [-0.4, -0.2) is 18.0 Å². The van der Waals surface area contributed by atoms with Crippen molar-refractivity contribution in [3.63, 3.8) is 0 Å². The Balaban J connectivity index is 1.95. The molecule has 0 heterocycles. The Hall–Kier alpha value is -2.73. The van der Waals surface area contributed by atoms with Crippen molar-refractivity contribution in [3.8, 4) is 0 Å². The van der Waals surface area contributed by atoms with Gasteiger partial charge in [0.05, 0.1) is 0 Å². The van der Waals surface area contributed by atoms with E-state index in [1.165, 1.54) is 19.1 Å². The van der Waals surface area contributed by atoms with Gasteiger partial charge in [0, 0.05) is 11.1 Å². The number of para-hydroxylation sites is 1. The molecule has 0 bridgehead atoms. The fraction of sp³-hybridized carbons (Fsp3) is 0.111. The zero-order valence-electron chi connectivity index (χ0n) is 13.1. The molecular formula is C18H14ClF2NO3. The molecule has 0 radical (unpaired) electrons. The molecule has 130 valence electrons. The van der Waals surface area contributed by atoms with E-state index in [0.717, 1.165) is 18.2 Å². The fourth-order valence-corrected chi connectivity index (χ4v) is 2.08. The Morgan fingerprint density at radius 2 is 1.80 bits per heavy atom. The van der Waals surface area contributed by atoms with Crippen LogP contribution >= 0.6 is 11.6 Å². The van der Waals surface area contributed by atoms with Gasteiger partial charge in [-0.25, -0.2) is 13.6 Å². The molecule has 1 unspecified atom stereocenters. The number of hydrogen-bond acceptors (Lipinski definition) is 3. The third-order valence-electron chi connectivity index (χ3n) is 3.13. The van der Waals surface area contributed by atoms with Crippen molar-refractivity contribution < 1.29 is 23.1 Å². The van der Waals surface area contributed by atoms with Gasteiger partial charge in [0.15, 0.2) is 6.10 Å². The highest BCUT2D eigenvalue weighted by Crippen LogP contribution is 2.18. The number of anilines is 1. The van der Waals surface area contributed by atoms with E-state index in [2.05, 4.69) is 5.32 Å². The molecule has 0 spiro atoms. The molecule has 1 amide bonds. The maximum atomic E-state index is 13.5. The maximum absolute atomic E-state index is 13.5. The first-order valence-electron chi connectivity index (χ1n) is 7.26. The fourth-order valence-electron chi connectivity index (χ4n) is 1.88. The van der Waals surface area contributed by atoms with Crippen LogP contribution in [0, 0.1) is 11.6 Å². The summed E-state index contributed by atoms with van der Waals surface area (Å²) in [5.74, 6) is -3.48. The van der Waals surface area contributed by atoms with Crippen LogP contribution in [-0.2, 0) is 14.3 Å². The molecule has 4 nitrogen and oxygen atoms in total. The molecule has 0 aliphatic carbocycles. The number of amides is 1. The SMILES string of the molecule is CC(OC(=O)/C=C/c1cccc(Cl)c1)C(=O)Nc1c(F)cccc1F. The van der Waals surface area contributed by atoms with Gasteiger partial charge in [-0.2, -0.15) is 0 Å². The van der Waals surface area contributed by atoms with Crippen molar-refractivity contribution in [2.24, 2.45) is 0 Å². The number of carbonyl (C=O) groups is 2. The van der Waals surface area contributed by atoms with Crippen molar-refractivity contribution in [2.75, 3.05) is 5.32 Å². The van der Waals surface area contributed by atoms with Gasteiger partial charge in [0.25, 0.3) is 5.91 Å². The molecule has 0 saturated heterocycles. The highest BCUT2D eigenvalue weighted by atomic mass is 35.5. The second-order valence-electron chi connectivity index (χ2n) is 5.05. The summed E-state index contributed by atoms with van der Waals surface area (Å²) < 4.78 is 31.9. The topological polar surface area (TPSA) is 55.4 Å². The van der Waals surface area contributed by atoms with Gasteiger partial charge >= 0.3 is 5.97 Å². The Bertz CT molecular complexity index is 803. The minimum Gasteiger partial charge on any atom is -0.449 e. The highest BCUT2D eigenvalue weighted by Gasteiger charge is 2.19. The van der Waals surface area contributed by atoms with Gasteiger partial charge in [-0.1, -0.05) is 29.8 Å². The van der Waals surface area contributed by atoms with Crippen molar-refractivity contribution in [2.45, 2.75) is 13.0 Å². The first-order valence-corrected chi connectivity index (χ1v) is 7.64. The van der Waals surface area contributed by atoms with Crippen molar-refractivity contribution >= 4 is 35.2 Å². The van der Waals surface area contributed by atoms with E-state index in [0.29, 0.717) is 10.6 Å². The molecule has 0 aliphatic rings. The lowest BCUT2D eigenvalue weighted by molar-refractivity contribution is -0.148. The molecule has 2 rings (SSSR count). The van der Waals surface area contributed by atoms with Gasteiger partial charge < -0.3 is 10.1 Å². The molecule has 2 aromatic rings. The average Bonchev–Trinajstić information content (AvgIpc) is 2.56. The summed E-state index contributed by atoms with van der Waals surface area (Å²) in [5, 5.41) is 2.57. The third kappa shape index (κ3) is 5.39. The van der Waals surface area contributed by atoms with E-state index in [9.17, 15) is 18.4 Å². The first kappa shape index (κ1) is 18.6. The van der Waals surface area contributed by atoms with Crippen LogP contribution in [0.3, 0.4) is 0 Å². The molecule has 0 aliphatic heterocycles. The third-order valence-corrected chi connectivity index (χ3v) is 3.37. The van der Waals surface area contributed by atoms with Crippen LogP contribution in [0.4, 0.5) is 14.5 Å². The monoisotopic (exact) mass is 365 g/mol. The second-order valence-corrected chi connectivity index (χ2v) is 5.49. The Kier molecular flexibility index (Phi) is 6.25. The number of carbonyl (C=O) groups excluding carboxylic acids is 2. The number of hydrogen-bond donors (Lipinski definition) is 1. The number of halogens is 3. The summed E-state index contributed by atoms with van der Waals surface area (Å²) in [7, 11) is 0. The van der Waals surface area contributed by atoms with Crippen LogP contribution in [0.2, 0.25) is 5.02 Å². The minimum atomic E-state index is -1.24. The summed E-state index contributed by atoms with van der Waals surface area (Å²) in [4.78, 5) is 23.6.